The number of aromatic nitrogens is 2. The molecule has 0 spiro atoms. The summed E-state index contributed by atoms with van der Waals surface area (Å²) in [6.45, 7) is 5.60. The fourth-order valence-corrected chi connectivity index (χ4v) is 1.86. The van der Waals surface area contributed by atoms with Gasteiger partial charge in [0, 0.05) is 19.2 Å². The SMILES string of the molecule is CC(=O)C(Br)C(C)c1cn(C)nc1C. The van der Waals surface area contributed by atoms with Crippen LogP contribution in [0.25, 0.3) is 0 Å². The number of ketones is 1. The van der Waals surface area contributed by atoms with Gasteiger partial charge in [0.05, 0.1) is 10.5 Å². The number of Topliss-reactive ketones (excluding diaryl/α,β-unsaturated/α-hetero) is 1. The van der Waals surface area contributed by atoms with E-state index >= 15 is 0 Å². The maximum absolute atomic E-state index is 11.2. The summed E-state index contributed by atoms with van der Waals surface area (Å²) in [5.74, 6) is 0.321. The summed E-state index contributed by atoms with van der Waals surface area (Å²) in [6, 6.07) is 0. The van der Waals surface area contributed by atoms with E-state index in [2.05, 4.69) is 21.0 Å². The van der Waals surface area contributed by atoms with Crippen molar-refractivity contribution in [3.63, 3.8) is 0 Å². The van der Waals surface area contributed by atoms with Crippen LogP contribution in [0.4, 0.5) is 0 Å². The highest BCUT2D eigenvalue weighted by atomic mass is 79.9. The molecule has 0 saturated heterocycles. The van der Waals surface area contributed by atoms with Gasteiger partial charge in [-0.3, -0.25) is 9.48 Å². The zero-order valence-corrected chi connectivity index (χ0v) is 10.5. The molecule has 0 radical (unpaired) electrons. The van der Waals surface area contributed by atoms with Crippen LogP contribution in [0.1, 0.15) is 31.0 Å². The van der Waals surface area contributed by atoms with E-state index < -0.39 is 0 Å². The van der Waals surface area contributed by atoms with E-state index in [0.29, 0.717) is 0 Å². The number of nitrogens with zero attached hydrogens (tertiary/aromatic N) is 2. The lowest BCUT2D eigenvalue weighted by atomic mass is 9.97. The highest BCUT2D eigenvalue weighted by Gasteiger charge is 2.22. The van der Waals surface area contributed by atoms with Gasteiger partial charge in [0.1, 0.15) is 5.78 Å². The van der Waals surface area contributed by atoms with Gasteiger partial charge in [-0.25, -0.2) is 0 Å². The summed E-state index contributed by atoms with van der Waals surface area (Å²) in [5, 5.41) is 4.26. The van der Waals surface area contributed by atoms with Crippen LogP contribution in [-0.4, -0.2) is 20.4 Å². The zero-order chi connectivity index (χ0) is 10.9. The molecular formula is C10H15BrN2O. The topological polar surface area (TPSA) is 34.9 Å². The molecule has 0 N–H and O–H groups in total. The maximum Gasteiger partial charge on any atom is 0.144 e. The minimum atomic E-state index is -0.120. The lowest BCUT2D eigenvalue weighted by Gasteiger charge is -2.14. The van der Waals surface area contributed by atoms with E-state index in [0.717, 1.165) is 11.3 Å². The Hall–Kier alpha value is -0.640. The van der Waals surface area contributed by atoms with Crippen molar-refractivity contribution in [2.45, 2.75) is 31.5 Å². The van der Waals surface area contributed by atoms with Crippen LogP contribution in [0.15, 0.2) is 6.20 Å². The Labute approximate surface area is 92.6 Å². The van der Waals surface area contributed by atoms with E-state index in [-0.39, 0.29) is 16.5 Å². The average molecular weight is 259 g/mol. The van der Waals surface area contributed by atoms with Gasteiger partial charge < -0.3 is 0 Å². The first-order valence-corrected chi connectivity index (χ1v) is 5.49. The van der Waals surface area contributed by atoms with Crippen molar-refractivity contribution in [2.75, 3.05) is 0 Å². The Balaban J connectivity index is 2.94. The van der Waals surface area contributed by atoms with Crippen LogP contribution in [0, 0.1) is 6.92 Å². The van der Waals surface area contributed by atoms with Crippen LogP contribution in [-0.2, 0) is 11.8 Å². The quantitative estimate of drug-likeness (QED) is 0.780. The molecule has 4 heteroatoms. The van der Waals surface area contributed by atoms with Crippen molar-refractivity contribution in [2.24, 2.45) is 7.05 Å². The molecular weight excluding hydrogens is 244 g/mol. The van der Waals surface area contributed by atoms with E-state index in [1.54, 1.807) is 11.6 Å². The summed E-state index contributed by atoms with van der Waals surface area (Å²) < 4.78 is 1.78. The molecule has 0 aromatic carbocycles. The van der Waals surface area contributed by atoms with Crippen molar-refractivity contribution < 1.29 is 4.79 Å². The lowest BCUT2D eigenvalue weighted by Crippen LogP contribution is -2.17. The van der Waals surface area contributed by atoms with E-state index in [4.69, 9.17) is 0 Å². The first kappa shape index (κ1) is 11.4. The number of halogens is 1. The van der Waals surface area contributed by atoms with Gasteiger partial charge >= 0.3 is 0 Å². The molecule has 78 valence electrons. The van der Waals surface area contributed by atoms with Gasteiger partial charge in [-0.15, -0.1) is 0 Å². The van der Waals surface area contributed by atoms with Crippen LogP contribution in [0.5, 0.6) is 0 Å². The summed E-state index contributed by atoms with van der Waals surface area (Å²) in [6.07, 6.45) is 1.97. The molecule has 1 aromatic rings. The van der Waals surface area contributed by atoms with Gasteiger partial charge in [-0.2, -0.15) is 5.10 Å². The van der Waals surface area contributed by atoms with Crippen molar-refractivity contribution in [1.82, 2.24) is 9.78 Å². The number of alkyl halides is 1. The Bertz CT molecular complexity index is 346. The number of hydrogen-bond donors (Lipinski definition) is 0. The third-order valence-corrected chi connectivity index (χ3v) is 3.81. The Morgan fingerprint density at radius 1 is 1.64 bits per heavy atom. The van der Waals surface area contributed by atoms with Gasteiger partial charge in [0.15, 0.2) is 0 Å². The molecule has 0 aliphatic heterocycles. The predicted molar refractivity (Wildman–Crippen MR) is 59.8 cm³/mol. The highest BCUT2D eigenvalue weighted by Crippen LogP contribution is 2.26. The minimum absolute atomic E-state index is 0.120. The van der Waals surface area contributed by atoms with E-state index in [9.17, 15) is 4.79 Å². The Kier molecular flexibility index (Phi) is 3.48. The normalized spacial score (nSPS) is 15.2. The lowest BCUT2D eigenvalue weighted by molar-refractivity contribution is -0.116. The fraction of sp³-hybridized carbons (Fsp3) is 0.600. The Morgan fingerprint density at radius 3 is 2.57 bits per heavy atom. The van der Waals surface area contributed by atoms with Crippen molar-refractivity contribution in [1.29, 1.82) is 0 Å². The van der Waals surface area contributed by atoms with E-state index in [1.165, 1.54) is 0 Å². The molecule has 1 heterocycles. The zero-order valence-electron chi connectivity index (χ0n) is 8.91. The third kappa shape index (κ3) is 2.23. The molecule has 0 aliphatic rings. The molecule has 3 nitrogen and oxygen atoms in total. The second-order valence-electron chi connectivity index (χ2n) is 3.64. The summed E-state index contributed by atoms with van der Waals surface area (Å²) >= 11 is 3.40. The van der Waals surface area contributed by atoms with Crippen LogP contribution in [0.2, 0.25) is 0 Å². The van der Waals surface area contributed by atoms with Crippen LogP contribution < -0.4 is 0 Å². The van der Waals surface area contributed by atoms with Gasteiger partial charge in [0.2, 0.25) is 0 Å². The second kappa shape index (κ2) is 4.26. The highest BCUT2D eigenvalue weighted by molar-refractivity contribution is 9.10. The van der Waals surface area contributed by atoms with Crippen molar-refractivity contribution in [3.8, 4) is 0 Å². The molecule has 0 fully saturated rings. The molecule has 2 unspecified atom stereocenters. The summed E-state index contributed by atoms with van der Waals surface area (Å²) in [5.41, 5.74) is 2.12. The molecule has 14 heavy (non-hydrogen) atoms. The van der Waals surface area contributed by atoms with Crippen LogP contribution in [0.3, 0.4) is 0 Å². The minimum Gasteiger partial charge on any atom is -0.299 e. The number of carbonyl (C=O) groups excluding carboxylic acids is 1. The molecule has 0 amide bonds. The third-order valence-electron chi connectivity index (χ3n) is 2.37. The summed E-state index contributed by atoms with van der Waals surface area (Å²) in [7, 11) is 1.89. The predicted octanol–water partition coefficient (Wildman–Crippen LogP) is 2.18. The molecule has 0 saturated carbocycles. The fourth-order valence-electron chi connectivity index (χ4n) is 1.57. The standard InChI is InChI=1S/C10H15BrN2O/c1-6(10(11)8(3)14)9-5-13(4)12-7(9)2/h5-6,10H,1-4H3. The Morgan fingerprint density at radius 2 is 2.21 bits per heavy atom. The van der Waals surface area contributed by atoms with Gasteiger partial charge in [0.25, 0.3) is 0 Å². The second-order valence-corrected chi connectivity index (χ2v) is 4.63. The first-order valence-electron chi connectivity index (χ1n) is 4.58. The van der Waals surface area contributed by atoms with Crippen molar-refractivity contribution >= 4 is 21.7 Å². The maximum atomic E-state index is 11.2. The molecule has 2 atom stereocenters. The summed E-state index contributed by atoms with van der Waals surface area (Å²) in [4.78, 5) is 11.1. The molecule has 1 aromatic heterocycles. The van der Waals surface area contributed by atoms with E-state index in [1.807, 2.05) is 27.1 Å². The van der Waals surface area contributed by atoms with Gasteiger partial charge in [-0.1, -0.05) is 22.9 Å². The number of hydrogen-bond acceptors (Lipinski definition) is 2. The number of aryl methyl sites for hydroxylation is 2. The van der Waals surface area contributed by atoms with Crippen molar-refractivity contribution in [3.05, 3.63) is 17.5 Å². The number of rotatable bonds is 3. The smallest absolute Gasteiger partial charge is 0.144 e. The van der Waals surface area contributed by atoms with Crippen LogP contribution >= 0.6 is 15.9 Å². The van der Waals surface area contributed by atoms with Gasteiger partial charge in [-0.05, 0) is 19.4 Å². The average Bonchev–Trinajstić information content (AvgIpc) is 2.42. The first-order chi connectivity index (χ1) is 6.43. The number of carbonyl (C=O) groups is 1. The molecule has 0 bridgehead atoms. The molecule has 0 aliphatic carbocycles. The largest absolute Gasteiger partial charge is 0.299 e. The monoisotopic (exact) mass is 258 g/mol. The molecule has 1 rings (SSSR count).